The summed E-state index contributed by atoms with van der Waals surface area (Å²) in [4.78, 5) is 7.74. The normalized spacial score (nSPS) is 16.5. The van der Waals surface area contributed by atoms with Crippen LogP contribution in [0.2, 0.25) is 0 Å². The smallest absolute Gasteiger partial charge is 0.188 e. The van der Waals surface area contributed by atoms with Crippen LogP contribution in [0.5, 0.6) is 5.75 Å². The lowest BCUT2D eigenvalue weighted by atomic mass is 9.94. The van der Waals surface area contributed by atoms with Gasteiger partial charge in [0.1, 0.15) is 0 Å². The van der Waals surface area contributed by atoms with Gasteiger partial charge in [0.15, 0.2) is 17.3 Å². The fourth-order valence-corrected chi connectivity index (χ4v) is 2.36. The molecule has 0 bridgehead atoms. The number of benzene rings is 1. The summed E-state index contributed by atoms with van der Waals surface area (Å²) in [6.45, 7) is 12.0. The number of fused-ring (bicyclic) bond motifs is 3. The molecule has 1 N–H and O–H groups in total. The van der Waals surface area contributed by atoms with Gasteiger partial charge < -0.3 is 9.67 Å². The predicted octanol–water partition coefficient (Wildman–Crippen LogP) is 3.64. The minimum absolute atomic E-state index is 0.0239. The summed E-state index contributed by atoms with van der Waals surface area (Å²) in [5.74, 6) is 0.758. The van der Waals surface area contributed by atoms with E-state index in [1.165, 1.54) is 0 Å². The van der Waals surface area contributed by atoms with Gasteiger partial charge in [0.25, 0.3) is 0 Å². The van der Waals surface area contributed by atoms with Crippen molar-refractivity contribution in [3.8, 4) is 5.75 Å². The molecule has 0 radical (unpaired) electrons. The third-order valence-electron chi connectivity index (χ3n) is 3.22. The first kappa shape index (κ1) is 10.8. The number of aromatic hydroxyl groups is 1. The third kappa shape index (κ3) is 1.41. The van der Waals surface area contributed by atoms with Gasteiger partial charge in [-0.3, -0.25) is 0 Å². The second kappa shape index (κ2) is 3.36. The van der Waals surface area contributed by atoms with Crippen molar-refractivity contribution >= 4 is 28.6 Å². The molecule has 2 aromatic rings. The quantitative estimate of drug-likeness (QED) is 0.701. The molecule has 0 saturated heterocycles. The van der Waals surface area contributed by atoms with Gasteiger partial charge in [-0.05, 0) is 12.1 Å². The van der Waals surface area contributed by atoms with E-state index in [-0.39, 0.29) is 11.2 Å². The van der Waals surface area contributed by atoms with E-state index in [2.05, 4.69) is 23.7 Å². The summed E-state index contributed by atoms with van der Waals surface area (Å²) >= 11 is 0. The highest BCUT2D eigenvalue weighted by Gasteiger charge is 2.26. The van der Waals surface area contributed by atoms with Crippen LogP contribution in [0.3, 0.4) is 0 Å². The Bertz CT molecular complexity index is 717. The van der Waals surface area contributed by atoms with Crippen molar-refractivity contribution in [2.45, 2.75) is 20.4 Å². The van der Waals surface area contributed by atoms with Gasteiger partial charge in [-0.1, -0.05) is 19.9 Å². The fraction of sp³-hybridized carbons (Fsp3) is 0.286. The summed E-state index contributed by atoms with van der Waals surface area (Å²) in [6, 6.07) is 5.36. The molecule has 3 rings (SSSR count). The zero-order valence-corrected chi connectivity index (χ0v) is 10.3. The first-order valence-corrected chi connectivity index (χ1v) is 5.80. The van der Waals surface area contributed by atoms with E-state index >= 15 is 0 Å². The van der Waals surface area contributed by atoms with Crippen molar-refractivity contribution < 1.29 is 5.11 Å². The topological polar surface area (TPSA) is 41.9 Å². The number of rotatable bonds is 0. The second-order valence-corrected chi connectivity index (χ2v) is 5.32. The van der Waals surface area contributed by atoms with Crippen molar-refractivity contribution in [2.75, 3.05) is 0 Å². The standard InChI is InChI=1S/C14H13N3O/c1-14(2)7-16-13-12(18)10-6-9(15-3)4-5-11(10)17(13)8-14/h4-7,18H,8H2,1-2H3. The Hall–Kier alpha value is -2.28. The van der Waals surface area contributed by atoms with Crippen LogP contribution in [-0.4, -0.2) is 15.9 Å². The number of hydrogen-bond donors (Lipinski definition) is 1. The average Bonchev–Trinajstić information content (AvgIpc) is 2.61. The van der Waals surface area contributed by atoms with Gasteiger partial charge in [-0.2, -0.15) is 0 Å². The Morgan fingerprint density at radius 3 is 2.94 bits per heavy atom. The molecule has 1 aliphatic rings. The average molecular weight is 239 g/mol. The number of aliphatic imine (C=N–C) groups is 1. The molecule has 90 valence electrons. The Morgan fingerprint density at radius 1 is 1.44 bits per heavy atom. The lowest BCUT2D eigenvalue weighted by Gasteiger charge is -2.25. The first-order valence-electron chi connectivity index (χ1n) is 5.80. The Morgan fingerprint density at radius 2 is 2.22 bits per heavy atom. The zero-order chi connectivity index (χ0) is 12.9. The molecule has 0 saturated carbocycles. The first-order chi connectivity index (χ1) is 8.52. The minimum atomic E-state index is -0.0239. The maximum Gasteiger partial charge on any atom is 0.188 e. The van der Waals surface area contributed by atoms with Crippen LogP contribution in [0.1, 0.15) is 13.8 Å². The largest absolute Gasteiger partial charge is 0.504 e. The van der Waals surface area contributed by atoms with Gasteiger partial charge in [0, 0.05) is 23.6 Å². The highest BCUT2D eigenvalue weighted by atomic mass is 16.3. The highest BCUT2D eigenvalue weighted by molar-refractivity contribution is 5.96. The van der Waals surface area contributed by atoms with Gasteiger partial charge in [0.2, 0.25) is 0 Å². The van der Waals surface area contributed by atoms with Crippen LogP contribution in [0.4, 0.5) is 11.5 Å². The second-order valence-electron chi connectivity index (χ2n) is 5.32. The minimum Gasteiger partial charge on any atom is -0.504 e. The lowest BCUT2D eigenvalue weighted by Crippen LogP contribution is -2.23. The van der Waals surface area contributed by atoms with Crippen LogP contribution in [0.25, 0.3) is 15.7 Å². The van der Waals surface area contributed by atoms with E-state index in [0.29, 0.717) is 16.9 Å². The van der Waals surface area contributed by atoms with E-state index in [0.717, 1.165) is 12.1 Å². The van der Waals surface area contributed by atoms with Crippen molar-refractivity contribution in [3.63, 3.8) is 0 Å². The SMILES string of the molecule is [C-]#[N+]c1ccc2c(c1)c(O)c1n2CC(C)(C)C=N1. The van der Waals surface area contributed by atoms with Crippen LogP contribution < -0.4 is 0 Å². The van der Waals surface area contributed by atoms with Gasteiger partial charge in [-0.25, -0.2) is 9.84 Å². The van der Waals surface area contributed by atoms with Crippen LogP contribution in [0, 0.1) is 12.0 Å². The summed E-state index contributed by atoms with van der Waals surface area (Å²) in [5, 5.41) is 10.9. The summed E-state index contributed by atoms with van der Waals surface area (Å²) in [5.41, 5.74) is 1.44. The molecule has 18 heavy (non-hydrogen) atoms. The molecule has 0 aliphatic carbocycles. The molecule has 4 heteroatoms. The fourth-order valence-electron chi connectivity index (χ4n) is 2.36. The van der Waals surface area contributed by atoms with Gasteiger partial charge >= 0.3 is 0 Å². The monoisotopic (exact) mass is 239 g/mol. The molecule has 4 nitrogen and oxygen atoms in total. The number of hydrogen-bond acceptors (Lipinski definition) is 2. The molecule has 1 aromatic carbocycles. The van der Waals surface area contributed by atoms with Crippen molar-refractivity contribution in [2.24, 2.45) is 10.4 Å². The van der Waals surface area contributed by atoms with Crippen LogP contribution >= 0.6 is 0 Å². The molecule has 0 fully saturated rings. The van der Waals surface area contributed by atoms with Gasteiger partial charge in [0.05, 0.1) is 12.1 Å². The third-order valence-corrected chi connectivity index (χ3v) is 3.22. The van der Waals surface area contributed by atoms with E-state index in [1.54, 1.807) is 12.1 Å². The predicted molar refractivity (Wildman–Crippen MR) is 71.8 cm³/mol. The maximum atomic E-state index is 10.2. The number of nitrogens with zero attached hydrogens (tertiary/aromatic N) is 3. The van der Waals surface area contributed by atoms with Crippen LogP contribution in [0.15, 0.2) is 23.2 Å². The molecule has 1 aromatic heterocycles. The molecule has 0 spiro atoms. The molecule has 2 heterocycles. The Kier molecular flexibility index (Phi) is 2.02. The van der Waals surface area contributed by atoms with Crippen molar-refractivity contribution in [3.05, 3.63) is 29.6 Å². The molecule has 0 unspecified atom stereocenters. The van der Waals surface area contributed by atoms with E-state index < -0.39 is 0 Å². The van der Waals surface area contributed by atoms with Crippen molar-refractivity contribution in [1.82, 2.24) is 4.57 Å². The lowest BCUT2D eigenvalue weighted by molar-refractivity contribution is 0.429. The number of aromatic nitrogens is 1. The molecule has 0 atom stereocenters. The highest BCUT2D eigenvalue weighted by Crippen LogP contribution is 2.43. The molecular weight excluding hydrogens is 226 g/mol. The van der Waals surface area contributed by atoms with Crippen LogP contribution in [-0.2, 0) is 6.54 Å². The summed E-state index contributed by atoms with van der Waals surface area (Å²) in [6.07, 6.45) is 1.87. The molecular formula is C14H13N3O. The summed E-state index contributed by atoms with van der Waals surface area (Å²) in [7, 11) is 0. The van der Waals surface area contributed by atoms with E-state index in [9.17, 15) is 5.11 Å². The van der Waals surface area contributed by atoms with Crippen molar-refractivity contribution in [1.29, 1.82) is 0 Å². The molecule has 1 aliphatic heterocycles. The molecule has 0 amide bonds. The Labute approximate surface area is 105 Å². The zero-order valence-electron chi connectivity index (χ0n) is 10.3. The van der Waals surface area contributed by atoms with E-state index in [4.69, 9.17) is 6.57 Å². The van der Waals surface area contributed by atoms with E-state index in [1.807, 2.05) is 16.8 Å². The maximum absolute atomic E-state index is 10.2. The summed E-state index contributed by atoms with van der Waals surface area (Å²) < 4.78 is 2.01. The Balaban J connectivity index is 2.33. The van der Waals surface area contributed by atoms with Gasteiger partial charge in [-0.15, -0.1) is 0 Å².